The number of anilines is 1. The van der Waals surface area contributed by atoms with Crippen LogP contribution in [0.2, 0.25) is 15.1 Å². The average molecular weight is 714 g/mol. The number of phenolic OH excluding ortho intramolecular Hbond substituents is 1. The van der Waals surface area contributed by atoms with E-state index < -0.39 is 29.7 Å². The molecule has 0 bridgehead atoms. The number of carbonyl (C=O) groups excluding carboxylic acids is 3. The zero-order chi connectivity index (χ0) is 34.8. The first kappa shape index (κ1) is 36.0. The van der Waals surface area contributed by atoms with Gasteiger partial charge in [0, 0.05) is 24.2 Å². The number of aliphatic carboxylic acids is 1. The molecule has 4 aromatic carbocycles. The van der Waals surface area contributed by atoms with Crippen LogP contribution in [0.5, 0.6) is 11.5 Å². The second-order valence-electron chi connectivity index (χ2n) is 10.5. The van der Waals surface area contributed by atoms with Crippen LogP contribution in [0, 0.1) is 0 Å². The van der Waals surface area contributed by atoms with Gasteiger partial charge in [-0.1, -0.05) is 59.1 Å². The number of halogens is 3. The van der Waals surface area contributed by atoms with Crippen molar-refractivity contribution in [2.75, 3.05) is 18.5 Å². The minimum Gasteiger partial charge on any atom is -0.508 e. The first-order valence-corrected chi connectivity index (χ1v) is 15.7. The van der Waals surface area contributed by atoms with E-state index in [9.17, 15) is 29.4 Å². The van der Waals surface area contributed by atoms with Crippen molar-refractivity contribution in [2.24, 2.45) is 5.73 Å². The summed E-state index contributed by atoms with van der Waals surface area (Å²) >= 11 is 18.9. The van der Waals surface area contributed by atoms with Gasteiger partial charge in [-0.25, -0.2) is 4.79 Å². The maximum Gasteiger partial charge on any atom is 0.326 e. The topological polar surface area (TPSA) is 180 Å². The molecule has 3 amide bonds. The standard InChI is InChI=1S/C34H31Cl3N4O7/c35-26-15-21(31(43)39-18-20-3-1-4-23(42)13-20)7-10-25(26)32(44)41-29(34(46)47)14-19-5-8-22(9-6-19)40-33(45)30-27(36)16-24(17-28(30)37)48-12-2-11-38/h1,3-10,13,15-17,29,42H,2,11-12,14,18,38H2,(H,39,43)(H,40,45)(H,41,44)(H,46,47)/t29-/m0/s1. The molecule has 0 spiro atoms. The lowest BCUT2D eigenvalue weighted by molar-refractivity contribution is -0.139. The molecular formula is C34H31Cl3N4O7. The average Bonchev–Trinajstić information content (AvgIpc) is 3.04. The lowest BCUT2D eigenvalue weighted by Gasteiger charge is -2.16. The molecule has 11 nitrogen and oxygen atoms in total. The molecule has 0 saturated heterocycles. The zero-order valence-corrected chi connectivity index (χ0v) is 27.5. The van der Waals surface area contributed by atoms with Gasteiger partial charge in [-0.15, -0.1) is 0 Å². The number of amides is 3. The van der Waals surface area contributed by atoms with Gasteiger partial charge in [0.2, 0.25) is 0 Å². The molecular weight excluding hydrogens is 683 g/mol. The largest absolute Gasteiger partial charge is 0.508 e. The summed E-state index contributed by atoms with van der Waals surface area (Å²) < 4.78 is 5.54. The van der Waals surface area contributed by atoms with E-state index in [-0.39, 0.29) is 50.5 Å². The summed E-state index contributed by atoms with van der Waals surface area (Å²) in [6, 6.07) is 18.5. The summed E-state index contributed by atoms with van der Waals surface area (Å²) in [4.78, 5) is 50.5. The van der Waals surface area contributed by atoms with E-state index in [0.29, 0.717) is 42.1 Å². The SMILES string of the molecule is NCCCOc1cc(Cl)c(C(=O)Nc2ccc(C[C@H](NC(=O)c3ccc(C(=O)NCc4cccc(O)c4)cc3Cl)C(=O)O)cc2)c(Cl)c1. The molecule has 48 heavy (non-hydrogen) atoms. The number of aromatic hydroxyl groups is 1. The Hall–Kier alpha value is -4.81. The molecule has 14 heteroatoms. The number of nitrogens with two attached hydrogens (primary N) is 1. The summed E-state index contributed by atoms with van der Waals surface area (Å²) in [6.45, 7) is 0.991. The van der Waals surface area contributed by atoms with Crippen molar-refractivity contribution in [1.29, 1.82) is 0 Å². The van der Waals surface area contributed by atoms with Crippen LogP contribution in [-0.4, -0.2) is 53.1 Å². The maximum atomic E-state index is 13.0. The number of hydrogen-bond acceptors (Lipinski definition) is 7. The van der Waals surface area contributed by atoms with Crippen molar-refractivity contribution in [2.45, 2.75) is 25.4 Å². The van der Waals surface area contributed by atoms with E-state index in [4.69, 9.17) is 45.3 Å². The van der Waals surface area contributed by atoms with Crippen molar-refractivity contribution in [3.05, 3.63) is 122 Å². The van der Waals surface area contributed by atoms with E-state index in [1.54, 1.807) is 36.4 Å². The summed E-state index contributed by atoms with van der Waals surface area (Å²) in [7, 11) is 0. The monoisotopic (exact) mass is 712 g/mol. The van der Waals surface area contributed by atoms with Gasteiger partial charge in [-0.2, -0.15) is 0 Å². The van der Waals surface area contributed by atoms with Gasteiger partial charge in [0.25, 0.3) is 17.7 Å². The van der Waals surface area contributed by atoms with Crippen LogP contribution in [-0.2, 0) is 17.8 Å². The molecule has 0 aliphatic heterocycles. The van der Waals surface area contributed by atoms with Gasteiger partial charge < -0.3 is 36.6 Å². The van der Waals surface area contributed by atoms with Gasteiger partial charge in [0.05, 0.1) is 32.8 Å². The molecule has 0 aliphatic carbocycles. The number of carboxylic acids is 1. The molecule has 4 rings (SSSR count). The second kappa shape index (κ2) is 16.8. The van der Waals surface area contributed by atoms with Crippen LogP contribution in [0.1, 0.15) is 48.6 Å². The molecule has 0 radical (unpaired) electrons. The fraction of sp³-hybridized carbons (Fsp3) is 0.176. The molecule has 7 N–H and O–H groups in total. The lowest BCUT2D eigenvalue weighted by atomic mass is 10.0. The number of hydrogen-bond donors (Lipinski definition) is 6. The Balaban J connectivity index is 1.35. The number of carbonyl (C=O) groups is 4. The molecule has 0 saturated carbocycles. The Bertz CT molecular complexity index is 1800. The summed E-state index contributed by atoms with van der Waals surface area (Å²) in [5, 5.41) is 27.4. The predicted octanol–water partition coefficient (Wildman–Crippen LogP) is 5.69. The van der Waals surface area contributed by atoms with Crippen LogP contribution in [0.3, 0.4) is 0 Å². The second-order valence-corrected chi connectivity index (χ2v) is 11.7. The van der Waals surface area contributed by atoms with Crippen LogP contribution < -0.4 is 26.4 Å². The van der Waals surface area contributed by atoms with E-state index in [1.165, 1.54) is 42.5 Å². The van der Waals surface area contributed by atoms with E-state index in [0.717, 1.165) is 0 Å². The van der Waals surface area contributed by atoms with Gasteiger partial charge in [-0.05, 0) is 78.7 Å². The van der Waals surface area contributed by atoms with E-state index in [1.807, 2.05) is 0 Å². The Morgan fingerprint density at radius 1 is 0.812 bits per heavy atom. The lowest BCUT2D eigenvalue weighted by Crippen LogP contribution is -2.42. The van der Waals surface area contributed by atoms with Gasteiger partial charge >= 0.3 is 5.97 Å². The number of rotatable bonds is 14. The maximum absolute atomic E-state index is 13.0. The molecule has 0 heterocycles. The Morgan fingerprint density at radius 2 is 1.52 bits per heavy atom. The zero-order valence-electron chi connectivity index (χ0n) is 25.3. The number of nitrogens with one attached hydrogen (secondary N) is 3. The van der Waals surface area contributed by atoms with Crippen molar-refractivity contribution >= 4 is 64.2 Å². The fourth-order valence-corrected chi connectivity index (χ4v) is 5.41. The highest BCUT2D eigenvalue weighted by Gasteiger charge is 2.23. The van der Waals surface area contributed by atoms with Gasteiger partial charge in [0.15, 0.2) is 0 Å². The van der Waals surface area contributed by atoms with Crippen molar-refractivity contribution in [3.8, 4) is 11.5 Å². The third-order valence-electron chi connectivity index (χ3n) is 6.95. The molecule has 0 fully saturated rings. The van der Waals surface area contributed by atoms with Crippen LogP contribution in [0.15, 0.2) is 78.9 Å². The van der Waals surface area contributed by atoms with Crippen molar-refractivity contribution in [3.63, 3.8) is 0 Å². The Kier molecular flexibility index (Phi) is 12.6. The minimum atomic E-state index is -1.32. The molecule has 1 atom stereocenters. The van der Waals surface area contributed by atoms with Gasteiger partial charge in [0.1, 0.15) is 17.5 Å². The molecule has 0 unspecified atom stereocenters. The number of carboxylic acid groups (broad SMARTS) is 1. The smallest absolute Gasteiger partial charge is 0.326 e. The van der Waals surface area contributed by atoms with Crippen LogP contribution >= 0.6 is 34.8 Å². The molecule has 250 valence electrons. The summed E-state index contributed by atoms with van der Waals surface area (Å²) in [6.07, 6.45) is 0.563. The number of ether oxygens (including phenoxy) is 1. The summed E-state index contributed by atoms with van der Waals surface area (Å²) in [5.74, 6) is -2.56. The first-order valence-electron chi connectivity index (χ1n) is 14.6. The first-order chi connectivity index (χ1) is 22.9. The normalized spacial score (nSPS) is 11.3. The van der Waals surface area contributed by atoms with Crippen molar-refractivity contribution in [1.82, 2.24) is 10.6 Å². The highest BCUT2D eigenvalue weighted by atomic mass is 35.5. The fourth-order valence-electron chi connectivity index (χ4n) is 4.50. The van der Waals surface area contributed by atoms with Crippen LogP contribution in [0.25, 0.3) is 0 Å². The highest BCUT2D eigenvalue weighted by molar-refractivity contribution is 6.40. The summed E-state index contributed by atoms with van der Waals surface area (Å²) in [5.41, 5.74) is 7.34. The number of phenols is 1. The highest BCUT2D eigenvalue weighted by Crippen LogP contribution is 2.31. The molecule has 4 aromatic rings. The quantitative estimate of drug-likeness (QED) is 0.0903. The third-order valence-corrected chi connectivity index (χ3v) is 7.86. The van der Waals surface area contributed by atoms with E-state index >= 15 is 0 Å². The van der Waals surface area contributed by atoms with Crippen molar-refractivity contribution < 1.29 is 34.1 Å². The molecule has 0 aromatic heterocycles. The number of benzene rings is 4. The predicted molar refractivity (Wildman–Crippen MR) is 183 cm³/mol. The minimum absolute atomic E-state index is 0.0158. The van der Waals surface area contributed by atoms with E-state index in [2.05, 4.69) is 16.0 Å². The molecule has 0 aliphatic rings. The van der Waals surface area contributed by atoms with Gasteiger partial charge in [-0.3, -0.25) is 14.4 Å². The Labute approximate surface area is 290 Å². The van der Waals surface area contributed by atoms with Crippen LogP contribution in [0.4, 0.5) is 5.69 Å². The Morgan fingerprint density at radius 3 is 2.15 bits per heavy atom. The third kappa shape index (κ3) is 9.85.